The number of halogens is 1. The number of amides is 1. The molecule has 0 atom stereocenters. The van der Waals surface area contributed by atoms with Crippen molar-refractivity contribution in [3.63, 3.8) is 0 Å². The first kappa shape index (κ1) is 17.6. The molecule has 0 unspecified atom stereocenters. The molecule has 4 aromatic rings. The van der Waals surface area contributed by atoms with E-state index in [2.05, 4.69) is 31.2 Å². The topological polar surface area (TPSA) is 76.9 Å². The molecule has 6 nitrogen and oxygen atoms in total. The van der Waals surface area contributed by atoms with Gasteiger partial charge in [-0.05, 0) is 24.3 Å². The van der Waals surface area contributed by atoms with Crippen LogP contribution in [0.15, 0.2) is 69.4 Å². The summed E-state index contributed by atoms with van der Waals surface area (Å²) in [5.74, 6) is -0.315. The molecule has 0 aliphatic heterocycles. The maximum Gasteiger partial charge on any atom is 0.269 e. The van der Waals surface area contributed by atoms with E-state index in [1.807, 2.05) is 41.8 Å². The van der Waals surface area contributed by atoms with E-state index in [1.165, 1.54) is 22.1 Å². The molecule has 2 aromatic heterocycles. The molecule has 1 N–H and O–H groups in total. The molecular weight excluding hydrogens is 428 g/mol. The summed E-state index contributed by atoms with van der Waals surface area (Å²) in [6, 6.07) is 15.0. The van der Waals surface area contributed by atoms with Crippen LogP contribution in [0.4, 0.5) is 5.13 Å². The maximum atomic E-state index is 12.4. The van der Waals surface area contributed by atoms with Gasteiger partial charge in [0.05, 0.1) is 22.9 Å². The largest absolute Gasteiger partial charge is 0.300 e. The van der Waals surface area contributed by atoms with Crippen LogP contribution in [0.25, 0.3) is 22.3 Å². The predicted molar refractivity (Wildman–Crippen MR) is 110 cm³/mol. The minimum absolute atomic E-state index is 0.102. The Balaban J connectivity index is 1.53. The molecule has 8 heteroatoms. The van der Waals surface area contributed by atoms with Crippen LogP contribution in [0.1, 0.15) is 0 Å². The summed E-state index contributed by atoms with van der Waals surface area (Å²) in [7, 11) is 0. The molecular formula is C19H13BrN4O2S. The number of aromatic nitrogens is 3. The Labute approximate surface area is 166 Å². The molecule has 0 saturated heterocycles. The van der Waals surface area contributed by atoms with E-state index >= 15 is 0 Å². The highest BCUT2D eigenvalue weighted by Gasteiger charge is 2.11. The molecule has 0 spiro atoms. The Morgan fingerprint density at radius 2 is 1.93 bits per heavy atom. The zero-order valence-electron chi connectivity index (χ0n) is 13.9. The van der Waals surface area contributed by atoms with Crippen molar-refractivity contribution in [3.8, 4) is 11.3 Å². The van der Waals surface area contributed by atoms with Crippen LogP contribution < -0.4 is 10.9 Å². The molecule has 2 heterocycles. The summed E-state index contributed by atoms with van der Waals surface area (Å²) in [4.78, 5) is 33.1. The van der Waals surface area contributed by atoms with E-state index in [-0.39, 0.29) is 18.0 Å². The number of para-hydroxylation sites is 2. The lowest BCUT2D eigenvalue weighted by Gasteiger charge is -2.08. The Hall–Kier alpha value is -2.84. The lowest BCUT2D eigenvalue weighted by Crippen LogP contribution is -2.27. The normalized spacial score (nSPS) is 10.9. The van der Waals surface area contributed by atoms with Gasteiger partial charge in [0.15, 0.2) is 5.13 Å². The molecule has 0 radical (unpaired) electrons. The third kappa shape index (κ3) is 3.81. The number of fused-ring (bicyclic) bond motifs is 1. The van der Waals surface area contributed by atoms with Gasteiger partial charge < -0.3 is 5.32 Å². The van der Waals surface area contributed by atoms with Gasteiger partial charge in [-0.15, -0.1) is 11.3 Å². The van der Waals surface area contributed by atoms with Crippen molar-refractivity contribution in [1.82, 2.24) is 14.5 Å². The number of hydrogen-bond acceptors (Lipinski definition) is 5. The fourth-order valence-electron chi connectivity index (χ4n) is 2.66. The first-order valence-electron chi connectivity index (χ1n) is 8.06. The number of hydrogen-bond donors (Lipinski definition) is 1. The van der Waals surface area contributed by atoms with E-state index < -0.39 is 0 Å². The van der Waals surface area contributed by atoms with Crippen LogP contribution in [-0.4, -0.2) is 20.4 Å². The number of carbonyl (C=O) groups excluding carboxylic acids is 1. The molecule has 2 aromatic carbocycles. The zero-order chi connectivity index (χ0) is 18.8. The fourth-order valence-corrected chi connectivity index (χ4v) is 3.66. The maximum absolute atomic E-state index is 12.4. The lowest BCUT2D eigenvalue weighted by atomic mass is 10.2. The van der Waals surface area contributed by atoms with Gasteiger partial charge in [-0.1, -0.05) is 40.2 Å². The van der Waals surface area contributed by atoms with Gasteiger partial charge in [-0.25, -0.2) is 9.97 Å². The predicted octanol–water partition coefficient (Wildman–Crippen LogP) is 3.92. The molecule has 0 aliphatic carbocycles. The van der Waals surface area contributed by atoms with E-state index in [0.717, 1.165) is 15.7 Å². The Morgan fingerprint density at radius 3 is 2.74 bits per heavy atom. The summed E-state index contributed by atoms with van der Waals surface area (Å²) in [6.45, 7) is -0.102. The lowest BCUT2D eigenvalue weighted by molar-refractivity contribution is -0.116. The molecule has 0 aliphatic rings. The van der Waals surface area contributed by atoms with Crippen molar-refractivity contribution < 1.29 is 4.79 Å². The molecule has 0 bridgehead atoms. The average molecular weight is 441 g/mol. The van der Waals surface area contributed by atoms with Crippen LogP contribution in [0.5, 0.6) is 0 Å². The van der Waals surface area contributed by atoms with Gasteiger partial charge >= 0.3 is 0 Å². The second-order valence-electron chi connectivity index (χ2n) is 5.76. The van der Waals surface area contributed by atoms with Crippen LogP contribution in [0.2, 0.25) is 0 Å². The van der Waals surface area contributed by atoms with E-state index in [0.29, 0.717) is 16.2 Å². The third-order valence-corrected chi connectivity index (χ3v) is 5.23. The van der Waals surface area contributed by atoms with Crippen LogP contribution in [-0.2, 0) is 11.3 Å². The van der Waals surface area contributed by atoms with Gasteiger partial charge in [0, 0.05) is 15.4 Å². The second kappa shape index (κ2) is 7.42. The monoisotopic (exact) mass is 440 g/mol. The molecule has 0 fully saturated rings. The van der Waals surface area contributed by atoms with Crippen LogP contribution >= 0.6 is 27.3 Å². The summed E-state index contributed by atoms with van der Waals surface area (Å²) in [5, 5.41) is 5.13. The minimum Gasteiger partial charge on any atom is -0.300 e. The average Bonchev–Trinajstić information content (AvgIpc) is 3.13. The van der Waals surface area contributed by atoms with Gasteiger partial charge in [0.25, 0.3) is 5.56 Å². The first-order chi connectivity index (χ1) is 13.1. The Bertz CT molecular complexity index is 1180. The number of benzene rings is 2. The summed E-state index contributed by atoms with van der Waals surface area (Å²) in [6.07, 6.45) is 1.23. The van der Waals surface area contributed by atoms with Crippen molar-refractivity contribution in [2.45, 2.75) is 6.54 Å². The molecule has 0 saturated carbocycles. The first-order valence-corrected chi connectivity index (χ1v) is 9.73. The second-order valence-corrected chi connectivity index (χ2v) is 7.54. The quantitative estimate of drug-likeness (QED) is 0.521. The van der Waals surface area contributed by atoms with E-state index in [4.69, 9.17) is 0 Å². The number of carbonyl (C=O) groups is 1. The molecule has 134 valence electrons. The van der Waals surface area contributed by atoms with Crippen molar-refractivity contribution in [1.29, 1.82) is 0 Å². The number of rotatable bonds is 4. The smallest absolute Gasteiger partial charge is 0.269 e. The highest BCUT2D eigenvalue weighted by molar-refractivity contribution is 9.10. The SMILES string of the molecule is O=C(Cn1c(=O)cnc2ccccc21)Nc1nc(-c2ccc(Br)cc2)cs1. The van der Waals surface area contributed by atoms with Gasteiger partial charge in [0.1, 0.15) is 6.54 Å². The van der Waals surface area contributed by atoms with Gasteiger partial charge in [0.2, 0.25) is 5.91 Å². The number of nitrogens with zero attached hydrogens (tertiary/aromatic N) is 3. The highest BCUT2D eigenvalue weighted by atomic mass is 79.9. The van der Waals surface area contributed by atoms with Gasteiger partial charge in [-0.3, -0.25) is 14.2 Å². The number of nitrogens with one attached hydrogen (secondary N) is 1. The van der Waals surface area contributed by atoms with Crippen LogP contribution in [0, 0.1) is 0 Å². The van der Waals surface area contributed by atoms with Crippen molar-refractivity contribution >= 4 is 49.3 Å². The highest BCUT2D eigenvalue weighted by Crippen LogP contribution is 2.26. The number of anilines is 1. The standard InChI is InChI=1S/C19H13BrN4O2S/c20-13-7-5-12(6-8-13)15-11-27-19(22-15)23-17(25)10-24-16-4-2-1-3-14(16)21-9-18(24)26/h1-9,11H,10H2,(H,22,23,25). The zero-order valence-corrected chi connectivity index (χ0v) is 16.3. The van der Waals surface area contributed by atoms with E-state index in [9.17, 15) is 9.59 Å². The van der Waals surface area contributed by atoms with E-state index in [1.54, 1.807) is 12.1 Å². The third-order valence-electron chi connectivity index (χ3n) is 3.94. The fraction of sp³-hybridized carbons (Fsp3) is 0.0526. The summed E-state index contributed by atoms with van der Waals surface area (Å²) in [5.41, 5.74) is 2.71. The molecule has 1 amide bonds. The number of thiazole rings is 1. The molecule has 27 heavy (non-hydrogen) atoms. The van der Waals surface area contributed by atoms with Crippen molar-refractivity contribution in [2.75, 3.05) is 5.32 Å². The molecule has 4 rings (SSSR count). The van der Waals surface area contributed by atoms with Crippen molar-refractivity contribution in [3.05, 3.63) is 74.9 Å². The van der Waals surface area contributed by atoms with Crippen LogP contribution in [0.3, 0.4) is 0 Å². The van der Waals surface area contributed by atoms with Crippen molar-refractivity contribution in [2.24, 2.45) is 0 Å². The van der Waals surface area contributed by atoms with Gasteiger partial charge in [-0.2, -0.15) is 0 Å². The summed E-state index contributed by atoms with van der Waals surface area (Å²) >= 11 is 4.74. The summed E-state index contributed by atoms with van der Waals surface area (Å²) < 4.78 is 2.39. The Kier molecular flexibility index (Phi) is 4.83. The minimum atomic E-state index is -0.321. The Morgan fingerprint density at radius 1 is 1.15 bits per heavy atom.